The number of allylic oxidation sites excluding steroid dienone is 6. The second-order valence-electron chi connectivity index (χ2n) is 9.99. The van der Waals surface area contributed by atoms with E-state index in [1.165, 1.54) is 24.0 Å². The highest BCUT2D eigenvalue weighted by Gasteiger charge is 2.50. The third kappa shape index (κ3) is 4.36. The standard InChI is InChI=1S/C25H36O4/c1-15-5-8-18-16(2)6-9-19(18)17(3)7-10-21-20(22(23(26)27)24(28)29)12-14-25(21,4)13-11-15/h7-8,11,16,19-22H,5-6,9-10,12-14H2,1-4H3,(H,26,27)(H,28,29)/b15-11+,17-7-,18-8?/t16-,19-,20+,21+,25+/m0/s1. The smallest absolute Gasteiger partial charge is 0.318 e. The van der Waals surface area contributed by atoms with Crippen LogP contribution in [0.2, 0.25) is 0 Å². The van der Waals surface area contributed by atoms with Crippen LogP contribution in [-0.2, 0) is 9.59 Å². The Labute approximate surface area is 174 Å². The summed E-state index contributed by atoms with van der Waals surface area (Å²) in [4.78, 5) is 23.5. The van der Waals surface area contributed by atoms with Gasteiger partial charge in [0.25, 0.3) is 0 Å². The van der Waals surface area contributed by atoms with E-state index in [4.69, 9.17) is 0 Å². The number of hydrogen-bond donors (Lipinski definition) is 2. The van der Waals surface area contributed by atoms with Gasteiger partial charge in [0, 0.05) is 5.92 Å². The fourth-order valence-electron chi connectivity index (χ4n) is 6.14. The average molecular weight is 401 g/mol. The highest BCUT2D eigenvalue weighted by atomic mass is 16.4. The molecule has 0 aromatic rings. The van der Waals surface area contributed by atoms with Crippen molar-refractivity contribution >= 4 is 11.9 Å². The van der Waals surface area contributed by atoms with Crippen molar-refractivity contribution in [2.75, 3.05) is 0 Å². The van der Waals surface area contributed by atoms with E-state index in [9.17, 15) is 19.8 Å². The van der Waals surface area contributed by atoms with Crippen LogP contribution in [0.3, 0.4) is 0 Å². The molecule has 160 valence electrons. The van der Waals surface area contributed by atoms with Crippen molar-refractivity contribution in [2.24, 2.45) is 35.0 Å². The molecule has 0 heterocycles. The predicted octanol–water partition coefficient (Wildman–Crippen LogP) is 5.85. The molecule has 4 heteroatoms. The molecule has 0 radical (unpaired) electrons. The molecule has 0 unspecified atom stereocenters. The van der Waals surface area contributed by atoms with E-state index in [2.05, 4.69) is 45.9 Å². The number of carbonyl (C=O) groups is 2. The van der Waals surface area contributed by atoms with Crippen LogP contribution in [0.1, 0.15) is 72.6 Å². The average Bonchev–Trinajstić information content (AvgIpc) is 3.16. The van der Waals surface area contributed by atoms with E-state index in [0.29, 0.717) is 18.3 Å². The van der Waals surface area contributed by atoms with E-state index in [-0.39, 0.29) is 17.3 Å². The molecule has 0 aromatic carbocycles. The van der Waals surface area contributed by atoms with Crippen molar-refractivity contribution < 1.29 is 19.8 Å². The molecule has 0 aliphatic heterocycles. The minimum Gasteiger partial charge on any atom is -0.481 e. The molecule has 2 N–H and O–H groups in total. The Morgan fingerprint density at radius 1 is 1.07 bits per heavy atom. The SMILES string of the molecule is C/C1=C/C[C@@H]2[C@H](C(C(=O)O)C(=O)O)CC[C@@]2(C)C/C=C(\C)CC=C2[C@H]1CC[C@@H]2C. The maximum absolute atomic E-state index is 11.8. The Morgan fingerprint density at radius 3 is 2.41 bits per heavy atom. The van der Waals surface area contributed by atoms with Gasteiger partial charge in [-0.15, -0.1) is 0 Å². The Kier molecular flexibility index (Phi) is 6.40. The van der Waals surface area contributed by atoms with Gasteiger partial charge in [0.05, 0.1) is 0 Å². The maximum Gasteiger partial charge on any atom is 0.318 e. The number of hydrogen-bond acceptors (Lipinski definition) is 2. The van der Waals surface area contributed by atoms with Gasteiger partial charge in [0.1, 0.15) is 0 Å². The first kappa shape index (κ1) is 21.9. The van der Waals surface area contributed by atoms with Gasteiger partial charge in [-0.2, -0.15) is 0 Å². The summed E-state index contributed by atoms with van der Waals surface area (Å²) in [5.74, 6) is -2.83. The minimum atomic E-state index is -1.31. The first-order valence-corrected chi connectivity index (χ1v) is 11.1. The Morgan fingerprint density at radius 2 is 1.76 bits per heavy atom. The lowest BCUT2D eigenvalue weighted by atomic mass is 9.69. The Bertz CT molecular complexity index is 745. The van der Waals surface area contributed by atoms with Crippen LogP contribution in [-0.4, -0.2) is 22.2 Å². The zero-order valence-electron chi connectivity index (χ0n) is 18.3. The summed E-state index contributed by atoms with van der Waals surface area (Å²) in [7, 11) is 0. The van der Waals surface area contributed by atoms with Crippen molar-refractivity contribution in [3.8, 4) is 0 Å². The minimum absolute atomic E-state index is 0.0550. The summed E-state index contributed by atoms with van der Waals surface area (Å²) < 4.78 is 0. The molecule has 0 spiro atoms. The molecule has 0 aromatic heterocycles. The molecule has 2 saturated carbocycles. The quantitative estimate of drug-likeness (QED) is 0.460. The summed E-state index contributed by atoms with van der Waals surface area (Å²) in [6.07, 6.45) is 13.6. The van der Waals surface area contributed by atoms with Crippen LogP contribution in [0.25, 0.3) is 0 Å². The first-order valence-electron chi connectivity index (χ1n) is 11.1. The second-order valence-corrected chi connectivity index (χ2v) is 9.99. The highest BCUT2D eigenvalue weighted by Crippen LogP contribution is 2.54. The van der Waals surface area contributed by atoms with Gasteiger partial charge in [0.2, 0.25) is 0 Å². The van der Waals surface area contributed by atoms with Gasteiger partial charge in [-0.25, -0.2) is 0 Å². The maximum atomic E-state index is 11.8. The number of rotatable bonds is 3. The van der Waals surface area contributed by atoms with Crippen molar-refractivity contribution in [3.05, 3.63) is 34.9 Å². The summed E-state index contributed by atoms with van der Waals surface area (Å²) in [6.45, 7) is 8.94. The van der Waals surface area contributed by atoms with E-state index in [1.54, 1.807) is 5.57 Å². The van der Waals surface area contributed by atoms with E-state index < -0.39 is 17.9 Å². The monoisotopic (exact) mass is 400 g/mol. The molecule has 0 saturated heterocycles. The van der Waals surface area contributed by atoms with Crippen LogP contribution in [0, 0.1) is 35.0 Å². The second kappa shape index (κ2) is 8.49. The van der Waals surface area contributed by atoms with Gasteiger partial charge in [-0.3, -0.25) is 9.59 Å². The molecular weight excluding hydrogens is 364 g/mol. The van der Waals surface area contributed by atoms with Crippen molar-refractivity contribution in [3.63, 3.8) is 0 Å². The summed E-state index contributed by atoms with van der Waals surface area (Å²) >= 11 is 0. The zero-order chi connectivity index (χ0) is 21.3. The van der Waals surface area contributed by atoms with E-state index >= 15 is 0 Å². The number of aliphatic carboxylic acids is 2. The molecule has 0 amide bonds. The number of fused-ring (bicyclic) bond motifs is 2. The predicted molar refractivity (Wildman–Crippen MR) is 114 cm³/mol. The van der Waals surface area contributed by atoms with Crippen LogP contribution in [0.5, 0.6) is 0 Å². The van der Waals surface area contributed by atoms with Gasteiger partial charge in [-0.05, 0) is 82.0 Å². The molecule has 0 bridgehead atoms. The lowest BCUT2D eigenvalue weighted by molar-refractivity contribution is -0.158. The molecule has 4 nitrogen and oxygen atoms in total. The summed E-state index contributed by atoms with van der Waals surface area (Å²) in [6, 6.07) is 0. The Balaban J connectivity index is 1.99. The Hall–Kier alpha value is -1.84. The lowest BCUT2D eigenvalue weighted by Crippen LogP contribution is -2.36. The van der Waals surface area contributed by atoms with Crippen LogP contribution < -0.4 is 0 Å². The summed E-state index contributed by atoms with van der Waals surface area (Å²) in [5, 5.41) is 19.2. The largest absolute Gasteiger partial charge is 0.481 e. The molecule has 5 atom stereocenters. The van der Waals surface area contributed by atoms with Crippen LogP contribution >= 0.6 is 0 Å². The molecule has 29 heavy (non-hydrogen) atoms. The molecule has 3 aliphatic rings. The highest BCUT2D eigenvalue weighted by molar-refractivity contribution is 5.93. The van der Waals surface area contributed by atoms with Gasteiger partial charge >= 0.3 is 11.9 Å². The first-order chi connectivity index (χ1) is 13.6. The van der Waals surface area contributed by atoms with Crippen molar-refractivity contribution in [2.45, 2.75) is 72.6 Å². The van der Waals surface area contributed by atoms with Gasteiger partial charge in [0.15, 0.2) is 5.92 Å². The number of carboxylic acid groups (broad SMARTS) is 2. The molecule has 3 rings (SSSR count). The third-order valence-corrected chi connectivity index (χ3v) is 8.10. The van der Waals surface area contributed by atoms with Crippen molar-refractivity contribution in [1.29, 1.82) is 0 Å². The molecule has 3 aliphatic carbocycles. The van der Waals surface area contributed by atoms with Crippen LogP contribution in [0.4, 0.5) is 0 Å². The van der Waals surface area contributed by atoms with Gasteiger partial charge < -0.3 is 10.2 Å². The van der Waals surface area contributed by atoms with E-state index in [1.807, 2.05) is 0 Å². The fraction of sp³-hybridized carbons (Fsp3) is 0.680. The lowest BCUT2D eigenvalue weighted by Gasteiger charge is -2.35. The summed E-state index contributed by atoms with van der Waals surface area (Å²) in [5.41, 5.74) is 4.22. The molecule has 2 fully saturated rings. The topological polar surface area (TPSA) is 74.6 Å². The third-order valence-electron chi connectivity index (χ3n) is 8.10. The molecular formula is C25H36O4. The van der Waals surface area contributed by atoms with E-state index in [0.717, 1.165) is 25.7 Å². The zero-order valence-corrected chi connectivity index (χ0v) is 18.3. The van der Waals surface area contributed by atoms with Crippen molar-refractivity contribution in [1.82, 2.24) is 0 Å². The fourth-order valence-corrected chi connectivity index (χ4v) is 6.14. The number of carboxylic acids is 2. The van der Waals surface area contributed by atoms with Gasteiger partial charge in [-0.1, -0.05) is 48.8 Å². The normalized spacial score (nSPS) is 39.1. The van der Waals surface area contributed by atoms with Crippen LogP contribution in [0.15, 0.2) is 34.9 Å².